The number of carbonyl (C=O) groups excluding carboxylic acids is 2. The Balaban J connectivity index is 1.34. The number of fused-ring (bicyclic) bond motifs is 1. The largest absolute Gasteiger partial charge is 0.445 e. The highest BCUT2D eigenvalue weighted by Gasteiger charge is 2.36. The van der Waals surface area contributed by atoms with Crippen molar-refractivity contribution in [1.82, 2.24) is 21.3 Å². The van der Waals surface area contributed by atoms with Crippen molar-refractivity contribution in [3.05, 3.63) is 34.9 Å². The number of piperidine rings is 1. The van der Waals surface area contributed by atoms with Gasteiger partial charge in [0.15, 0.2) is 0 Å². The molecule has 4 N–H and O–H groups in total. The highest BCUT2D eigenvalue weighted by Crippen LogP contribution is 2.28. The van der Waals surface area contributed by atoms with Crippen LogP contribution in [-0.4, -0.2) is 48.4 Å². The molecule has 0 bridgehead atoms. The normalized spacial score (nSPS) is 25.1. The zero-order valence-corrected chi connectivity index (χ0v) is 15.2. The maximum absolute atomic E-state index is 12.0. The van der Waals surface area contributed by atoms with E-state index in [-0.39, 0.29) is 24.6 Å². The van der Waals surface area contributed by atoms with Crippen LogP contribution in [0, 0.1) is 0 Å². The van der Waals surface area contributed by atoms with Crippen LogP contribution in [-0.2, 0) is 16.1 Å². The summed E-state index contributed by atoms with van der Waals surface area (Å²) in [5.41, 5.74) is 0.592. The van der Waals surface area contributed by atoms with E-state index in [1.807, 2.05) is 6.07 Å². The Bertz CT molecular complexity index is 619. The lowest BCUT2D eigenvalue weighted by Crippen LogP contribution is -2.49. The Hall–Kier alpha value is -1.48. The predicted molar refractivity (Wildman–Crippen MR) is 97.4 cm³/mol. The average molecular weight is 385 g/mol. The van der Waals surface area contributed by atoms with Crippen LogP contribution in [0.25, 0.3) is 0 Å². The van der Waals surface area contributed by atoms with Crippen LogP contribution in [0.15, 0.2) is 24.3 Å². The minimum Gasteiger partial charge on any atom is -0.445 e. The van der Waals surface area contributed by atoms with Crippen molar-refractivity contribution in [3.8, 4) is 0 Å². The Labute approximate surface area is 155 Å². The quantitative estimate of drug-likeness (QED) is 0.606. The van der Waals surface area contributed by atoms with Gasteiger partial charge in [0.2, 0.25) is 5.91 Å². The number of rotatable bonds is 5. The molecule has 9 heteroatoms. The van der Waals surface area contributed by atoms with Gasteiger partial charge in [-0.15, -0.1) is 11.8 Å². The highest BCUT2D eigenvalue weighted by molar-refractivity contribution is 8.00. The van der Waals surface area contributed by atoms with E-state index < -0.39 is 6.09 Å². The lowest BCUT2D eigenvalue weighted by molar-refractivity contribution is -0.120. The number of hydrogen-bond donors (Lipinski definition) is 4. The van der Waals surface area contributed by atoms with Gasteiger partial charge in [0.05, 0.1) is 0 Å². The fourth-order valence-corrected chi connectivity index (χ4v) is 4.42. The molecule has 0 spiro atoms. The first-order valence-electron chi connectivity index (χ1n) is 8.17. The third-order valence-electron chi connectivity index (χ3n) is 4.10. The van der Waals surface area contributed by atoms with Crippen LogP contribution in [0.3, 0.4) is 0 Å². The molecule has 1 aromatic rings. The zero-order chi connectivity index (χ0) is 17.6. The predicted octanol–water partition coefficient (Wildman–Crippen LogP) is 1.03. The second kappa shape index (κ2) is 8.75. The van der Waals surface area contributed by atoms with Crippen molar-refractivity contribution in [2.45, 2.75) is 29.8 Å². The van der Waals surface area contributed by atoms with Crippen LogP contribution in [0.1, 0.15) is 12.0 Å². The van der Waals surface area contributed by atoms with E-state index in [0.717, 1.165) is 19.5 Å². The smallest absolute Gasteiger partial charge is 0.407 e. The molecule has 2 aliphatic rings. The van der Waals surface area contributed by atoms with Crippen LogP contribution < -0.4 is 21.3 Å². The summed E-state index contributed by atoms with van der Waals surface area (Å²) < 4.78 is 5.06. The standard InChI is InChI=1S/C16H21ClN4O3S/c17-11-4-2-1-3-10(11)9-24-16(23)19-8-14(22)21-15-20-12-5-6-18-7-13(12)25-15/h1-4,12-13,15,18,20H,5-9H2,(H,19,23)(H,21,22). The maximum atomic E-state index is 12.0. The summed E-state index contributed by atoms with van der Waals surface area (Å²) in [6.07, 6.45) is 0.399. The van der Waals surface area contributed by atoms with Crippen LogP contribution >= 0.6 is 23.4 Å². The molecule has 0 radical (unpaired) electrons. The van der Waals surface area contributed by atoms with Crippen molar-refractivity contribution in [2.75, 3.05) is 19.6 Å². The molecular weight excluding hydrogens is 364 g/mol. The molecule has 0 saturated carbocycles. The number of ether oxygens (including phenoxy) is 1. The Kier molecular flexibility index (Phi) is 6.41. The third-order valence-corrected chi connectivity index (χ3v) is 5.84. The number of thioether (sulfide) groups is 1. The van der Waals surface area contributed by atoms with Gasteiger partial charge in [0.25, 0.3) is 0 Å². The number of carbonyl (C=O) groups is 2. The average Bonchev–Trinajstić information content (AvgIpc) is 3.01. The zero-order valence-electron chi connectivity index (χ0n) is 13.6. The van der Waals surface area contributed by atoms with E-state index in [2.05, 4.69) is 21.3 Å². The van der Waals surface area contributed by atoms with Gasteiger partial charge in [-0.2, -0.15) is 0 Å². The summed E-state index contributed by atoms with van der Waals surface area (Å²) in [5, 5.41) is 13.1. The number of amides is 2. The molecule has 0 aliphatic carbocycles. The van der Waals surface area contributed by atoms with Gasteiger partial charge in [0, 0.05) is 28.4 Å². The lowest BCUT2D eigenvalue weighted by atomic mass is 10.1. The van der Waals surface area contributed by atoms with Crippen molar-refractivity contribution in [3.63, 3.8) is 0 Å². The Morgan fingerprint density at radius 3 is 3.00 bits per heavy atom. The van der Waals surface area contributed by atoms with Crippen LogP contribution in [0.5, 0.6) is 0 Å². The van der Waals surface area contributed by atoms with Crippen LogP contribution in [0.2, 0.25) is 5.02 Å². The second-order valence-electron chi connectivity index (χ2n) is 5.91. The minimum atomic E-state index is -0.653. The molecule has 0 aromatic heterocycles. The van der Waals surface area contributed by atoms with E-state index in [1.165, 1.54) is 0 Å². The van der Waals surface area contributed by atoms with E-state index in [1.54, 1.807) is 30.0 Å². The van der Waals surface area contributed by atoms with E-state index in [9.17, 15) is 9.59 Å². The molecule has 2 amide bonds. The van der Waals surface area contributed by atoms with Gasteiger partial charge < -0.3 is 20.7 Å². The SMILES string of the molecule is O=C(CNC(=O)OCc1ccccc1Cl)NC1NC2CCNCC2S1. The molecule has 3 atom stereocenters. The Morgan fingerprint density at radius 1 is 1.36 bits per heavy atom. The van der Waals surface area contributed by atoms with E-state index in [4.69, 9.17) is 16.3 Å². The molecule has 3 unspecified atom stereocenters. The summed E-state index contributed by atoms with van der Waals surface area (Å²) in [7, 11) is 0. The van der Waals surface area contributed by atoms with E-state index >= 15 is 0 Å². The maximum Gasteiger partial charge on any atom is 0.407 e. The first kappa shape index (κ1) is 18.3. The van der Waals surface area contributed by atoms with Crippen molar-refractivity contribution in [2.24, 2.45) is 0 Å². The molecule has 2 fully saturated rings. The number of halogens is 1. The first-order chi connectivity index (χ1) is 12.1. The fraction of sp³-hybridized carbons (Fsp3) is 0.500. The van der Waals surface area contributed by atoms with E-state index in [0.29, 0.717) is 21.9 Å². The molecule has 1 aromatic carbocycles. The summed E-state index contributed by atoms with van der Waals surface area (Å²) >= 11 is 7.69. The summed E-state index contributed by atoms with van der Waals surface area (Å²) in [4.78, 5) is 23.7. The number of alkyl carbamates (subject to hydrolysis) is 1. The van der Waals surface area contributed by atoms with Crippen molar-refractivity contribution < 1.29 is 14.3 Å². The Morgan fingerprint density at radius 2 is 2.20 bits per heavy atom. The van der Waals surface area contributed by atoms with Crippen molar-refractivity contribution in [1.29, 1.82) is 0 Å². The van der Waals surface area contributed by atoms with Gasteiger partial charge in [-0.05, 0) is 19.0 Å². The van der Waals surface area contributed by atoms with Gasteiger partial charge in [-0.3, -0.25) is 10.1 Å². The van der Waals surface area contributed by atoms with Gasteiger partial charge >= 0.3 is 6.09 Å². The van der Waals surface area contributed by atoms with Crippen molar-refractivity contribution >= 4 is 35.4 Å². The number of hydrogen-bond acceptors (Lipinski definition) is 6. The van der Waals surface area contributed by atoms with Gasteiger partial charge in [-0.1, -0.05) is 29.8 Å². The number of benzene rings is 1. The lowest BCUT2D eigenvalue weighted by Gasteiger charge is -2.24. The summed E-state index contributed by atoms with van der Waals surface area (Å²) in [5.74, 6) is -0.258. The summed E-state index contributed by atoms with van der Waals surface area (Å²) in [6.45, 7) is 1.87. The third kappa shape index (κ3) is 5.24. The molecular formula is C16H21ClN4O3S. The molecule has 7 nitrogen and oxygen atoms in total. The molecule has 2 aliphatic heterocycles. The fourth-order valence-electron chi connectivity index (χ4n) is 2.81. The molecule has 136 valence electrons. The molecule has 2 saturated heterocycles. The molecule has 3 rings (SSSR count). The molecule has 25 heavy (non-hydrogen) atoms. The van der Waals surface area contributed by atoms with Gasteiger partial charge in [0.1, 0.15) is 18.6 Å². The van der Waals surface area contributed by atoms with Crippen LogP contribution in [0.4, 0.5) is 4.79 Å². The number of nitrogens with one attached hydrogen (secondary N) is 4. The topological polar surface area (TPSA) is 91.5 Å². The van der Waals surface area contributed by atoms with Gasteiger partial charge in [-0.25, -0.2) is 4.79 Å². The first-order valence-corrected chi connectivity index (χ1v) is 9.49. The monoisotopic (exact) mass is 384 g/mol. The molecule has 2 heterocycles. The second-order valence-corrected chi connectivity index (χ2v) is 7.67. The summed E-state index contributed by atoms with van der Waals surface area (Å²) in [6, 6.07) is 7.54. The minimum absolute atomic E-state index is 0.0590. The highest BCUT2D eigenvalue weighted by atomic mass is 35.5.